The minimum absolute atomic E-state index is 0. The van der Waals surface area contributed by atoms with Gasteiger partial charge in [0.15, 0.2) is 0 Å². The average Bonchev–Trinajstić information content (AvgIpc) is 3.44. The Morgan fingerprint density at radius 3 is 2.41 bits per heavy atom. The topological polar surface area (TPSA) is 41.6 Å². The van der Waals surface area contributed by atoms with E-state index in [0.717, 1.165) is 51.1 Å². The zero-order valence-corrected chi connectivity index (χ0v) is 17.9. The van der Waals surface area contributed by atoms with E-state index in [4.69, 9.17) is 4.74 Å². The van der Waals surface area contributed by atoms with Crippen molar-refractivity contribution >= 4 is 18.3 Å². The molecule has 2 fully saturated rings. The molecule has 1 aliphatic heterocycles. The molecule has 2 aliphatic rings. The van der Waals surface area contributed by atoms with Crippen molar-refractivity contribution < 1.29 is 9.53 Å². The van der Waals surface area contributed by atoms with E-state index in [1.807, 2.05) is 30.3 Å². The molecule has 1 aliphatic carbocycles. The Labute approximate surface area is 180 Å². The summed E-state index contributed by atoms with van der Waals surface area (Å²) in [5.74, 6) is 1.43. The van der Waals surface area contributed by atoms with Gasteiger partial charge in [-0.25, -0.2) is 0 Å². The predicted molar refractivity (Wildman–Crippen MR) is 118 cm³/mol. The first-order valence-corrected chi connectivity index (χ1v) is 10.4. The predicted octanol–water partition coefficient (Wildman–Crippen LogP) is 4.08. The third-order valence-electron chi connectivity index (χ3n) is 6.44. The molecule has 4 rings (SSSR count). The number of benzene rings is 2. The number of nitrogens with one attached hydrogen (secondary N) is 1. The molecule has 2 aromatic rings. The van der Waals surface area contributed by atoms with Crippen molar-refractivity contribution in [1.29, 1.82) is 0 Å². The number of piperidine rings is 1. The molecular formula is C24H31ClN2O2. The fourth-order valence-corrected chi connectivity index (χ4v) is 4.52. The molecule has 1 amide bonds. The lowest BCUT2D eigenvalue weighted by Gasteiger charge is -2.27. The van der Waals surface area contributed by atoms with Crippen molar-refractivity contribution in [3.8, 4) is 5.75 Å². The van der Waals surface area contributed by atoms with Crippen molar-refractivity contribution in [2.75, 3.05) is 26.7 Å². The lowest BCUT2D eigenvalue weighted by atomic mass is 9.91. The van der Waals surface area contributed by atoms with Crippen molar-refractivity contribution in [3.63, 3.8) is 0 Å². The number of halogens is 1. The van der Waals surface area contributed by atoms with Gasteiger partial charge < -0.3 is 15.0 Å². The third-order valence-corrected chi connectivity index (χ3v) is 6.44. The van der Waals surface area contributed by atoms with Gasteiger partial charge in [0.2, 0.25) is 5.91 Å². The highest BCUT2D eigenvalue weighted by Gasteiger charge is 2.58. The third kappa shape index (κ3) is 5.12. The second kappa shape index (κ2) is 9.64. The molecule has 4 nitrogen and oxygen atoms in total. The van der Waals surface area contributed by atoms with Gasteiger partial charge in [-0.15, -0.1) is 12.4 Å². The summed E-state index contributed by atoms with van der Waals surface area (Å²) in [7, 11) is 1.68. The molecule has 5 heteroatoms. The Hall–Kier alpha value is -2.04. The molecule has 1 spiro atoms. The van der Waals surface area contributed by atoms with E-state index >= 15 is 0 Å². The van der Waals surface area contributed by atoms with E-state index in [0.29, 0.717) is 12.5 Å². The van der Waals surface area contributed by atoms with Crippen LogP contribution in [0.25, 0.3) is 0 Å². The van der Waals surface area contributed by atoms with E-state index in [1.54, 1.807) is 7.11 Å². The van der Waals surface area contributed by atoms with Gasteiger partial charge in [0.25, 0.3) is 0 Å². The van der Waals surface area contributed by atoms with Crippen LogP contribution in [0.2, 0.25) is 0 Å². The second-order valence-corrected chi connectivity index (χ2v) is 8.21. The highest BCUT2D eigenvalue weighted by atomic mass is 35.5. The Balaban J connectivity index is 0.00000240. The molecule has 1 N–H and O–H groups in total. The number of methoxy groups -OCH3 is 1. The van der Waals surface area contributed by atoms with Crippen molar-refractivity contribution in [3.05, 3.63) is 65.7 Å². The van der Waals surface area contributed by atoms with Crippen molar-refractivity contribution in [1.82, 2.24) is 10.2 Å². The number of amides is 1. The van der Waals surface area contributed by atoms with Crippen molar-refractivity contribution in [2.24, 2.45) is 11.3 Å². The number of nitrogens with zero attached hydrogens (tertiary/aromatic N) is 1. The summed E-state index contributed by atoms with van der Waals surface area (Å²) < 4.78 is 5.25. The van der Waals surface area contributed by atoms with Crippen LogP contribution in [-0.4, -0.2) is 37.6 Å². The lowest BCUT2D eigenvalue weighted by molar-refractivity contribution is -0.134. The maximum atomic E-state index is 13.4. The van der Waals surface area contributed by atoms with Crippen LogP contribution in [0.5, 0.6) is 5.75 Å². The van der Waals surface area contributed by atoms with Crippen molar-refractivity contribution in [2.45, 2.75) is 32.2 Å². The summed E-state index contributed by atoms with van der Waals surface area (Å²) in [6.45, 7) is 3.55. The van der Waals surface area contributed by atoms with Gasteiger partial charge in [-0.2, -0.15) is 0 Å². The number of carbonyl (C=O) groups excluding carboxylic acids is 1. The number of ether oxygens (including phenoxy) is 1. The smallest absolute Gasteiger partial charge is 0.226 e. The van der Waals surface area contributed by atoms with Gasteiger partial charge in [-0.1, -0.05) is 42.5 Å². The van der Waals surface area contributed by atoms with Crippen LogP contribution in [0, 0.1) is 11.3 Å². The highest BCUT2D eigenvalue weighted by Crippen LogP contribution is 2.59. The van der Waals surface area contributed by atoms with E-state index in [9.17, 15) is 4.79 Å². The molecule has 156 valence electrons. The molecule has 0 aromatic heterocycles. The Morgan fingerprint density at radius 1 is 1.07 bits per heavy atom. The fourth-order valence-electron chi connectivity index (χ4n) is 4.52. The maximum absolute atomic E-state index is 13.4. The number of carbonyl (C=O) groups is 1. The minimum Gasteiger partial charge on any atom is -0.497 e. The Morgan fingerprint density at radius 2 is 1.76 bits per heavy atom. The molecule has 1 unspecified atom stereocenters. The number of hydrogen-bond acceptors (Lipinski definition) is 3. The molecule has 0 bridgehead atoms. The summed E-state index contributed by atoms with van der Waals surface area (Å²) in [5.41, 5.74) is 2.71. The van der Waals surface area contributed by atoms with Gasteiger partial charge in [0, 0.05) is 19.0 Å². The van der Waals surface area contributed by atoms with Crippen LogP contribution in [0.1, 0.15) is 30.4 Å². The standard InChI is InChI=1S/C24H30N2O2.ClH/c1-28-21-9-7-19(8-10-21)11-16-26(18-20-5-3-2-4-6-20)23(27)22-17-24(22)12-14-25-15-13-24;/h2-10,22,25H,11-18H2,1H3;1H. The Bertz CT molecular complexity index is 788. The van der Waals surface area contributed by atoms with Crippen LogP contribution < -0.4 is 10.1 Å². The van der Waals surface area contributed by atoms with Crippen LogP contribution in [0.4, 0.5) is 0 Å². The molecule has 0 radical (unpaired) electrons. The quantitative estimate of drug-likeness (QED) is 0.742. The summed E-state index contributed by atoms with van der Waals surface area (Å²) in [4.78, 5) is 15.5. The first-order chi connectivity index (χ1) is 13.7. The minimum atomic E-state index is 0. The van der Waals surface area contributed by atoms with Gasteiger partial charge >= 0.3 is 0 Å². The van der Waals surface area contributed by atoms with Crippen LogP contribution >= 0.6 is 12.4 Å². The number of hydrogen-bond donors (Lipinski definition) is 1. The largest absolute Gasteiger partial charge is 0.497 e. The second-order valence-electron chi connectivity index (χ2n) is 8.21. The zero-order chi connectivity index (χ0) is 19.4. The van der Waals surface area contributed by atoms with Crippen LogP contribution in [0.3, 0.4) is 0 Å². The average molecular weight is 415 g/mol. The zero-order valence-electron chi connectivity index (χ0n) is 17.1. The van der Waals surface area contributed by atoms with E-state index < -0.39 is 0 Å². The van der Waals surface area contributed by atoms with Gasteiger partial charge in [-0.3, -0.25) is 4.79 Å². The van der Waals surface area contributed by atoms with Crippen LogP contribution in [-0.2, 0) is 17.8 Å². The van der Waals surface area contributed by atoms with Gasteiger partial charge in [-0.05, 0) is 67.4 Å². The fraction of sp³-hybridized carbons (Fsp3) is 0.458. The summed E-state index contributed by atoms with van der Waals surface area (Å²) >= 11 is 0. The lowest BCUT2D eigenvalue weighted by Crippen LogP contribution is -2.37. The highest BCUT2D eigenvalue weighted by molar-refractivity contribution is 5.85. The van der Waals surface area contributed by atoms with Gasteiger partial charge in [0.05, 0.1) is 7.11 Å². The SMILES string of the molecule is COc1ccc(CCN(Cc2ccccc2)C(=O)C2CC23CCNCC3)cc1.Cl. The van der Waals surface area contributed by atoms with E-state index in [2.05, 4.69) is 34.5 Å². The first kappa shape index (κ1) is 21.7. The molecule has 1 saturated heterocycles. The molecule has 2 aromatic carbocycles. The molecule has 1 saturated carbocycles. The van der Waals surface area contributed by atoms with Gasteiger partial charge in [0.1, 0.15) is 5.75 Å². The summed E-state index contributed by atoms with van der Waals surface area (Å²) in [6, 6.07) is 18.5. The van der Waals surface area contributed by atoms with E-state index in [-0.39, 0.29) is 23.7 Å². The number of rotatable bonds is 7. The molecule has 1 heterocycles. The van der Waals surface area contributed by atoms with Crippen LogP contribution in [0.15, 0.2) is 54.6 Å². The van der Waals surface area contributed by atoms with E-state index in [1.165, 1.54) is 11.1 Å². The summed E-state index contributed by atoms with van der Waals surface area (Å²) in [6.07, 6.45) is 4.22. The monoisotopic (exact) mass is 414 g/mol. The normalized spacial score (nSPS) is 19.3. The molecule has 1 atom stereocenters. The maximum Gasteiger partial charge on any atom is 0.226 e. The molecular weight excluding hydrogens is 384 g/mol. The summed E-state index contributed by atoms with van der Waals surface area (Å²) in [5, 5.41) is 3.43. The Kier molecular flexibility index (Phi) is 7.20. The molecule has 29 heavy (non-hydrogen) atoms. The first-order valence-electron chi connectivity index (χ1n) is 10.4.